The van der Waals surface area contributed by atoms with Crippen LogP contribution in [0.3, 0.4) is 0 Å². The van der Waals surface area contributed by atoms with Gasteiger partial charge < -0.3 is 14.8 Å². The molecule has 0 aromatic carbocycles. The summed E-state index contributed by atoms with van der Waals surface area (Å²) in [5, 5.41) is 3.99. The van der Waals surface area contributed by atoms with Gasteiger partial charge in [-0.1, -0.05) is 11.6 Å². The molecule has 3 heterocycles. The van der Waals surface area contributed by atoms with Gasteiger partial charge >= 0.3 is 0 Å². The van der Waals surface area contributed by atoms with Crippen molar-refractivity contribution in [3.63, 3.8) is 0 Å². The molecule has 0 bridgehead atoms. The van der Waals surface area contributed by atoms with Gasteiger partial charge in [0.2, 0.25) is 0 Å². The van der Waals surface area contributed by atoms with E-state index in [0.717, 1.165) is 45.7 Å². The number of aromatic nitrogens is 1. The number of carbonyl (C=O) groups is 1. The Morgan fingerprint density at radius 3 is 2.75 bits per heavy atom. The van der Waals surface area contributed by atoms with E-state index in [2.05, 4.69) is 10.2 Å². The molecule has 0 aliphatic carbocycles. The van der Waals surface area contributed by atoms with Crippen LogP contribution in [0.4, 0.5) is 0 Å². The zero-order chi connectivity index (χ0) is 14.1. The third-order valence-corrected chi connectivity index (χ3v) is 4.52. The van der Waals surface area contributed by atoms with Crippen LogP contribution in [0.2, 0.25) is 5.02 Å². The number of nitrogens with one attached hydrogen (secondary N) is 1. The average molecular weight is 297 g/mol. The highest BCUT2D eigenvalue weighted by Gasteiger charge is 2.32. The lowest BCUT2D eigenvalue weighted by Crippen LogP contribution is -2.49. The molecule has 2 aliphatic heterocycles. The van der Waals surface area contributed by atoms with Gasteiger partial charge in [-0.15, -0.1) is 0 Å². The van der Waals surface area contributed by atoms with E-state index in [9.17, 15) is 4.79 Å². The molecule has 0 saturated carbocycles. The van der Waals surface area contributed by atoms with Gasteiger partial charge in [0.25, 0.3) is 5.91 Å². The Bertz CT molecular complexity index is 495. The minimum atomic E-state index is 0.0945. The Labute approximate surface area is 124 Å². The summed E-state index contributed by atoms with van der Waals surface area (Å²) in [7, 11) is 1.86. The summed E-state index contributed by atoms with van der Waals surface area (Å²) in [6.07, 6.45) is 2.85. The van der Waals surface area contributed by atoms with Crippen molar-refractivity contribution in [2.45, 2.75) is 12.5 Å². The molecule has 2 fully saturated rings. The van der Waals surface area contributed by atoms with Gasteiger partial charge in [0.15, 0.2) is 0 Å². The van der Waals surface area contributed by atoms with Crippen molar-refractivity contribution >= 4 is 17.5 Å². The van der Waals surface area contributed by atoms with E-state index in [-0.39, 0.29) is 5.91 Å². The number of halogens is 1. The average Bonchev–Trinajstić information content (AvgIpc) is 3.06. The second-order valence-corrected chi connectivity index (χ2v) is 6.07. The lowest BCUT2D eigenvalue weighted by atomic mass is 10.2. The Morgan fingerprint density at radius 1 is 1.35 bits per heavy atom. The van der Waals surface area contributed by atoms with Crippen LogP contribution in [-0.2, 0) is 7.05 Å². The number of piperazine rings is 1. The van der Waals surface area contributed by atoms with Gasteiger partial charge in [0, 0.05) is 58.6 Å². The topological polar surface area (TPSA) is 40.5 Å². The SMILES string of the molecule is Cn1cc(Cl)cc1C(=O)N1CCC(N2CCNCC2)C1. The first-order valence-corrected chi connectivity index (χ1v) is 7.59. The highest BCUT2D eigenvalue weighted by molar-refractivity contribution is 6.31. The molecule has 3 rings (SSSR count). The molecule has 1 amide bonds. The maximum Gasteiger partial charge on any atom is 0.270 e. The summed E-state index contributed by atoms with van der Waals surface area (Å²) in [5.41, 5.74) is 0.677. The van der Waals surface area contributed by atoms with Crippen LogP contribution in [-0.4, -0.2) is 65.6 Å². The molecule has 2 aliphatic rings. The molecular weight excluding hydrogens is 276 g/mol. The van der Waals surface area contributed by atoms with Crippen molar-refractivity contribution in [2.24, 2.45) is 7.05 Å². The minimum absolute atomic E-state index is 0.0945. The van der Waals surface area contributed by atoms with Crippen molar-refractivity contribution in [2.75, 3.05) is 39.3 Å². The van der Waals surface area contributed by atoms with Crippen LogP contribution in [0.25, 0.3) is 0 Å². The smallest absolute Gasteiger partial charge is 0.270 e. The molecule has 1 aromatic rings. The second-order valence-electron chi connectivity index (χ2n) is 5.63. The van der Waals surface area contributed by atoms with Crippen molar-refractivity contribution in [1.29, 1.82) is 0 Å². The van der Waals surface area contributed by atoms with E-state index in [1.54, 1.807) is 12.3 Å². The lowest BCUT2D eigenvalue weighted by Gasteiger charge is -2.32. The predicted octanol–water partition coefficient (Wildman–Crippen LogP) is 0.798. The summed E-state index contributed by atoms with van der Waals surface area (Å²) in [4.78, 5) is 17.0. The Balaban J connectivity index is 1.64. The van der Waals surface area contributed by atoms with Crippen molar-refractivity contribution in [3.05, 3.63) is 23.0 Å². The fourth-order valence-electron chi connectivity index (χ4n) is 3.17. The number of nitrogens with zero attached hydrogens (tertiary/aromatic N) is 3. The highest BCUT2D eigenvalue weighted by atomic mass is 35.5. The number of aryl methyl sites for hydroxylation is 1. The van der Waals surface area contributed by atoms with Gasteiger partial charge in [-0.3, -0.25) is 9.69 Å². The first-order chi connectivity index (χ1) is 9.65. The zero-order valence-electron chi connectivity index (χ0n) is 11.8. The molecule has 1 unspecified atom stereocenters. The van der Waals surface area contributed by atoms with Gasteiger partial charge in [0.05, 0.1) is 5.02 Å². The molecule has 1 atom stereocenters. The number of amides is 1. The standard InChI is InChI=1S/C14H21ClN4O/c1-17-9-11(15)8-13(17)14(20)19-5-2-12(10-19)18-6-3-16-4-7-18/h8-9,12,16H,2-7,10H2,1H3. The van der Waals surface area contributed by atoms with E-state index in [4.69, 9.17) is 11.6 Å². The molecule has 20 heavy (non-hydrogen) atoms. The molecule has 0 radical (unpaired) electrons. The maximum absolute atomic E-state index is 12.5. The monoisotopic (exact) mass is 296 g/mol. The number of hydrogen-bond acceptors (Lipinski definition) is 3. The largest absolute Gasteiger partial charge is 0.345 e. The number of rotatable bonds is 2. The molecule has 1 aromatic heterocycles. The third kappa shape index (κ3) is 2.71. The lowest BCUT2D eigenvalue weighted by molar-refractivity contribution is 0.0764. The summed E-state index contributed by atoms with van der Waals surface area (Å²) in [6, 6.07) is 2.26. The first kappa shape index (κ1) is 13.9. The summed E-state index contributed by atoms with van der Waals surface area (Å²) < 4.78 is 1.81. The Hall–Kier alpha value is -1.04. The summed E-state index contributed by atoms with van der Waals surface area (Å²) in [5.74, 6) is 0.0945. The summed E-state index contributed by atoms with van der Waals surface area (Å²) in [6.45, 7) is 5.96. The molecule has 0 spiro atoms. The maximum atomic E-state index is 12.5. The van der Waals surface area contributed by atoms with Crippen LogP contribution < -0.4 is 5.32 Å². The van der Waals surface area contributed by atoms with Crippen LogP contribution in [0, 0.1) is 0 Å². The van der Waals surface area contributed by atoms with Crippen LogP contribution in [0.5, 0.6) is 0 Å². The molecule has 5 nitrogen and oxygen atoms in total. The van der Waals surface area contributed by atoms with Crippen LogP contribution in [0.1, 0.15) is 16.9 Å². The quantitative estimate of drug-likeness (QED) is 0.878. The van der Waals surface area contributed by atoms with Crippen LogP contribution in [0.15, 0.2) is 12.3 Å². The molecule has 110 valence electrons. The van der Waals surface area contributed by atoms with Crippen molar-refractivity contribution in [3.8, 4) is 0 Å². The first-order valence-electron chi connectivity index (χ1n) is 7.21. The van der Waals surface area contributed by atoms with E-state index < -0.39 is 0 Å². The minimum Gasteiger partial charge on any atom is -0.345 e. The molecule has 6 heteroatoms. The highest BCUT2D eigenvalue weighted by Crippen LogP contribution is 2.20. The van der Waals surface area contributed by atoms with Gasteiger partial charge in [-0.2, -0.15) is 0 Å². The Morgan fingerprint density at radius 2 is 2.10 bits per heavy atom. The number of likely N-dealkylation sites (tertiary alicyclic amines) is 1. The van der Waals surface area contributed by atoms with Gasteiger partial charge in [-0.25, -0.2) is 0 Å². The van der Waals surface area contributed by atoms with Gasteiger partial charge in [-0.05, 0) is 12.5 Å². The normalized spacial score (nSPS) is 24.3. The Kier molecular flexibility index (Phi) is 4.01. The van der Waals surface area contributed by atoms with Crippen LogP contribution >= 0.6 is 11.6 Å². The fraction of sp³-hybridized carbons (Fsp3) is 0.643. The predicted molar refractivity (Wildman–Crippen MR) is 79.2 cm³/mol. The number of carbonyl (C=O) groups excluding carboxylic acids is 1. The number of hydrogen-bond donors (Lipinski definition) is 1. The summed E-state index contributed by atoms with van der Waals surface area (Å²) >= 11 is 5.96. The molecular formula is C14H21ClN4O. The van der Waals surface area contributed by atoms with Crippen molar-refractivity contribution < 1.29 is 4.79 Å². The van der Waals surface area contributed by atoms with E-state index in [1.165, 1.54) is 0 Å². The van der Waals surface area contributed by atoms with E-state index >= 15 is 0 Å². The second kappa shape index (κ2) is 5.76. The molecule has 1 N–H and O–H groups in total. The van der Waals surface area contributed by atoms with Crippen molar-refractivity contribution in [1.82, 2.24) is 19.7 Å². The molecule has 2 saturated heterocycles. The fourth-order valence-corrected chi connectivity index (χ4v) is 3.42. The van der Waals surface area contributed by atoms with E-state index in [0.29, 0.717) is 16.8 Å². The third-order valence-electron chi connectivity index (χ3n) is 4.31. The zero-order valence-corrected chi connectivity index (χ0v) is 12.6. The van der Waals surface area contributed by atoms with E-state index in [1.807, 2.05) is 16.5 Å². The van der Waals surface area contributed by atoms with Gasteiger partial charge in [0.1, 0.15) is 5.69 Å².